The van der Waals surface area contributed by atoms with E-state index < -0.39 is 0 Å². The van der Waals surface area contributed by atoms with Gasteiger partial charge in [0.05, 0.1) is 17.4 Å². The molecule has 0 atom stereocenters. The zero-order valence-electron chi connectivity index (χ0n) is 16.5. The van der Waals surface area contributed by atoms with Crippen molar-refractivity contribution in [1.29, 1.82) is 0 Å². The van der Waals surface area contributed by atoms with Crippen LogP contribution in [0.3, 0.4) is 0 Å². The van der Waals surface area contributed by atoms with Crippen LogP contribution in [0.4, 0.5) is 0 Å². The van der Waals surface area contributed by atoms with Crippen molar-refractivity contribution in [2.75, 3.05) is 0 Å². The molecule has 0 aliphatic carbocycles. The molecular formula is C22H21N7. The maximum absolute atomic E-state index is 4.60. The molecule has 0 fully saturated rings. The van der Waals surface area contributed by atoms with Gasteiger partial charge in [-0.2, -0.15) is 10.2 Å². The van der Waals surface area contributed by atoms with E-state index in [1.54, 1.807) is 6.33 Å². The average Bonchev–Trinajstić information content (AvgIpc) is 3.46. The Kier molecular flexibility index (Phi) is 4.01. The molecule has 2 aromatic carbocycles. The zero-order chi connectivity index (χ0) is 20.0. The number of aryl methyl sites for hydroxylation is 1. The van der Waals surface area contributed by atoms with Crippen LogP contribution in [0.5, 0.6) is 0 Å². The Bertz CT molecular complexity index is 1310. The molecule has 29 heavy (non-hydrogen) atoms. The van der Waals surface area contributed by atoms with Crippen LogP contribution in [0.2, 0.25) is 0 Å². The van der Waals surface area contributed by atoms with Crippen LogP contribution in [0, 0.1) is 0 Å². The SMILES string of the molecule is CC(C)n1cnnc1-c1ccc2[nH]nc(-c3cccc(-c4cnn(C)c4)c3)c2c1. The second-order valence-electron chi connectivity index (χ2n) is 7.47. The first-order valence-corrected chi connectivity index (χ1v) is 9.57. The van der Waals surface area contributed by atoms with Gasteiger partial charge in [0.1, 0.15) is 6.33 Å². The molecule has 7 heteroatoms. The van der Waals surface area contributed by atoms with E-state index in [-0.39, 0.29) is 6.04 Å². The Hall–Kier alpha value is -3.74. The minimum Gasteiger partial charge on any atom is -0.311 e. The number of aromatic nitrogens is 7. The number of H-pyrrole nitrogens is 1. The molecule has 0 unspecified atom stereocenters. The number of aromatic amines is 1. The highest BCUT2D eigenvalue weighted by atomic mass is 15.3. The summed E-state index contributed by atoms with van der Waals surface area (Å²) < 4.78 is 3.88. The normalized spacial score (nSPS) is 11.6. The van der Waals surface area contributed by atoms with Crippen LogP contribution in [-0.4, -0.2) is 34.7 Å². The predicted octanol–water partition coefficient (Wildman–Crippen LogP) is 4.47. The van der Waals surface area contributed by atoms with Gasteiger partial charge in [-0.1, -0.05) is 18.2 Å². The molecule has 0 aliphatic rings. The van der Waals surface area contributed by atoms with Crippen molar-refractivity contribution in [3.63, 3.8) is 0 Å². The van der Waals surface area contributed by atoms with E-state index in [0.29, 0.717) is 0 Å². The lowest BCUT2D eigenvalue weighted by atomic mass is 10.0. The predicted molar refractivity (Wildman–Crippen MR) is 113 cm³/mol. The summed E-state index contributed by atoms with van der Waals surface area (Å²) >= 11 is 0. The quantitative estimate of drug-likeness (QED) is 0.497. The van der Waals surface area contributed by atoms with Gasteiger partial charge >= 0.3 is 0 Å². The van der Waals surface area contributed by atoms with Gasteiger partial charge in [0.15, 0.2) is 5.82 Å². The van der Waals surface area contributed by atoms with Gasteiger partial charge in [-0.15, -0.1) is 10.2 Å². The van der Waals surface area contributed by atoms with Crippen molar-refractivity contribution >= 4 is 10.9 Å². The highest BCUT2D eigenvalue weighted by Crippen LogP contribution is 2.32. The van der Waals surface area contributed by atoms with Crippen molar-refractivity contribution in [3.05, 3.63) is 61.2 Å². The fraction of sp³-hybridized carbons (Fsp3) is 0.182. The number of hydrogen-bond acceptors (Lipinski definition) is 4. The topological polar surface area (TPSA) is 77.2 Å². The van der Waals surface area contributed by atoms with Crippen LogP contribution < -0.4 is 0 Å². The first-order chi connectivity index (χ1) is 14.1. The van der Waals surface area contributed by atoms with Crippen LogP contribution in [-0.2, 0) is 7.05 Å². The summed E-state index contributed by atoms with van der Waals surface area (Å²) in [6, 6.07) is 14.9. The maximum Gasteiger partial charge on any atom is 0.164 e. The van der Waals surface area contributed by atoms with Crippen molar-refractivity contribution in [2.45, 2.75) is 19.9 Å². The van der Waals surface area contributed by atoms with Gasteiger partial charge in [0, 0.05) is 41.4 Å². The van der Waals surface area contributed by atoms with Crippen molar-refractivity contribution < 1.29 is 0 Å². The van der Waals surface area contributed by atoms with Gasteiger partial charge < -0.3 is 4.57 Å². The molecule has 0 bridgehead atoms. The Labute approximate surface area is 168 Å². The molecule has 5 aromatic rings. The second kappa shape index (κ2) is 6.70. The summed E-state index contributed by atoms with van der Waals surface area (Å²) in [5, 5.41) is 21.5. The lowest BCUT2D eigenvalue weighted by Gasteiger charge is -2.10. The van der Waals surface area contributed by atoms with Crippen molar-refractivity contribution in [2.24, 2.45) is 7.05 Å². The van der Waals surface area contributed by atoms with Crippen LogP contribution in [0.1, 0.15) is 19.9 Å². The Morgan fingerprint density at radius 2 is 1.83 bits per heavy atom. The lowest BCUT2D eigenvalue weighted by molar-refractivity contribution is 0.604. The molecule has 0 saturated carbocycles. The van der Waals surface area contributed by atoms with E-state index in [1.807, 2.05) is 30.2 Å². The molecule has 0 radical (unpaired) electrons. The molecular weight excluding hydrogens is 362 g/mol. The summed E-state index contributed by atoms with van der Waals surface area (Å²) in [4.78, 5) is 0. The highest BCUT2D eigenvalue weighted by molar-refractivity contribution is 5.95. The minimum atomic E-state index is 0.288. The third kappa shape index (κ3) is 3.00. The van der Waals surface area contributed by atoms with Crippen LogP contribution >= 0.6 is 0 Å². The van der Waals surface area contributed by atoms with E-state index in [9.17, 15) is 0 Å². The van der Waals surface area contributed by atoms with Gasteiger partial charge in [0.2, 0.25) is 0 Å². The number of nitrogens with zero attached hydrogens (tertiary/aromatic N) is 6. The van der Waals surface area contributed by atoms with Gasteiger partial charge in [0.25, 0.3) is 0 Å². The summed E-state index contributed by atoms with van der Waals surface area (Å²) in [5.74, 6) is 0.859. The Balaban J connectivity index is 1.62. The zero-order valence-corrected chi connectivity index (χ0v) is 16.5. The Morgan fingerprint density at radius 3 is 2.62 bits per heavy atom. The number of hydrogen-bond donors (Lipinski definition) is 1. The Morgan fingerprint density at radius 1 is 0.966 bits per heavy atom. The molecule has 7 nitrogen and oxygen atoms in total. The number of rotatable bonds is 4. The second-order valence-corrected chi connectivity index (χ2v) is 7.47. The first-order valence-electron chi connectivity index (χ1n) is 9.57. The molecule has 5 rings (SSSR count). The number of nitrogens with one attached hydrogen (secondary N) is 1. The molecule has 0 spiro atoms. The third-order valence-electron chi connectivity index (χ3n) is 5.12. The standard InChI is InChI=1S/C22H21N7/c1-14(2)29-13-23-27-22(29)17-7-8-20-19(10-17)21(26-25-20)16-6-4-5-15(9-16)18-11-24-28(3)12-18/h4-14H,1-3H3,(H,25,26). The van der Waals surface area contributed by atoms with Gasteiger partial charge in [-0.3, -0.25) is 9.78 Å². The number of fused-ring (bicyclic) bond motifs is 1. The summed E-state index contributed by atoms with van der Waals surface area (Å²) in [6.45, 7) is 4.25. The van der Waals surface area contributed by atoms with E-state index in [1.165, 1.54) is 0 Å². The van der Waals surface area contributed by atoms with E-state index in [4.69, 9.17) is 0 Å². The highest BCUT2D eigenvalue weighted by Gasteiger charge is 2.14. The van der Waals surface area contributed by atoms with Gasteiger partial charge in [-0.25, -0.2) is 0 Å². The van der Waals surface area contributed by atoms with E-state index >= 15 is 0 Å². The largest absolute Gasteiger partial charge is 0.311 e. The smallest absolute Gasteiger partial charge is 0.164 e. The minimum absolute atomic E-state index is 0.288. The van der Waals surface area contributed by atoms with E-state index in [2.05, 4.69) is 80.3 Å². The lowest BCUT2D eigenvalue weighted by Crippen LogP contribution is -2.01. The summed E-state index contributed by atoms with van der Waals surface area (Å²) in [6.07, 6.45) is 5.66. The van der Waals surface area contributed by atoms with E-state index in [0.717, 1.165) is 44.7 Å². The third-order valence-corrected chi connectivity index (χ3v) is 5.12. The molecule has 3 aromatic heterocycles. The molecule has 0 amide bonds. The van der Waals surface area contributed by atoms with Crippen molar-refractivity contribution in [1.82, 2.24) is 34.7 Å². The first kappa shape index (κ1) is 17.4. The fourth-order valence-corrected chi connectivity index (χ4v) is 3.62. The maximum atomic E-state index is 4.60. The summed E-state index contributed by atoms with van der Waals surface area (Å²) in [5.41, 5.74) is 6.19. The van der Waals surface area contributed by atoms with Crippen molar-refractivity contribution in [3.8, 4) is 33.8 Å². The van der Waals surface area contributed by atoms with Gasteiger partial charge in [-0.05, 0) is 43.7 Å². The molecule has 3 heterocycles. The molecule has 0 saturated heterocycles. The fourth-order valence-electron chi connectivity index (χ4n) is 3.62. The molecule has 144 valence electrons. The van der Waals surface area contributed by atoms with Crippen LogP contribution in [0.15, 0.2) is 61.2 Å². The number of benzene rings is 2. The monoisotopic (exact) mass is 383 g/mol. The molecule has 0 aliphatic heterocycles. The molecule has 1 N–H and O–H groups in total. The summed E-state index contributed by atoms with van der Waals surface area (Å²) in [7, 11) is 1.92. The van der Waals surface area contributed by atoms with Crippen LogP contribution in [0.25, 0.3) is 44.7 Å². The average molecular weight is 383 g/mol.